The molecule has 0 N–H and O–H groups in total. The van der Waals surface area contributed by atoms with Crippen LogP contribution in [0.2, 0.25) is 0 Å². The Labute approximate surface area is 667 Å². The van der Waals surface area contributed by atoms with Crippen LogP contribution < -0.4 is 31.1 Å². The van der Waals surface area contributed by atoms with Gasteiger partial charge in [0.25, 0.3) is 6.71 Å². The van der Waals surface area contributed by atoms with Gasteiger partial charge in [0, 0.05) is 61.7 Å². The predicted octanol–water partition coefficient (Wildman–Crippen LogP) is 26.2. The minimum absolute atomic E-state index is 0.0391. The van der Waals surface area contributed by atoms with Crippen molar-refractivity contribution in [2.45, 2.75) is 142 Å². The number of aromatic nitrogens is 1. The summed E-state index contributed by atoms with van der Waals surface area (Å²) in [6.07, 6.45) is 2.14. The van der Waals surface area contributed by atoms with Crippen molar-refractivity contribution in [3.05, 3.63) is 370 Å². The molecule has 4 nitrogen and oxygen atoms in total. The highest BCUT2D eigenvalue weighted by atomic mass is 15.2. The normalized spacial score (nSPS) is 14.8. The Kier molecular flexibility index (Phi) is 14.4. The summed E-state index contributed by atoms with van der Waals surface area (Å²) >= 11 is 0. The molecule has 0 bridgehead atoms. The number of hydrogen-bond donors (Lipinski definition) is 0. The van der Waals surface area contributed by atoms with Crippen molar-refractivity contribution in [3.63, 3.8) is 0 Å². The third-order valence-corrected chi connectivity index (χ3v) is 26.8. The Balaban J connectivity index is 0.919. The standard InChI is InChI=1S/C108H95BN4/c1-17-106(15,16)113(90-55-48-66(58-65(90)2)102(3,4)5)71-52-54-89-96(64-71)112(94-47-31-39-79-77-37-23-29-45-87(77)108(100(79)94)84-42-26-20-34-74(84)75-35-21-27-43-85(75)108)98-62-69(105(12,13)14)61-97-101(98)109(89)88-53-51-70(110-91-56-49-67(103(6,7)8)59-80(91)81-60-68(104(9,10)11)50-57-92(81)110)63-95(88)111(97)93-46-30-38-78-76-36-22-28-44-86(76)107(99(78)93)82-40-24-18-32-72(82)73-33-19-25-41-83(73)107/h17-64H,1H2,2-16H3. The van der Waals surface area contributed by atoms with Gasteiger partial charge in [-0.25, -0.2) is 0 Å². The summed E-state index contributed by atoms with van der Waals surface area (Å²) in [5.41, 5.74) is 41.2. The fourth-order valence-electron chi connectivity index (χ4n) is 21.3. The molecule has 0 fully saturated rings. The summed E-state index contributed by atoms with van der Waals surface area (Å²) in [5, 5.41) is 2.54. The van der Waals surface area contributed by atoms with Gasteiger partial charge in [-0.15, -0.1) is 6.58 Å². The molecule has 113 heavy (non-hydrogen) atoms. The Bertz CT molecular complexity index is 6460. The first-order valence-electron chi connectivity index (χ1n) is 40.8. The van der Waals surface area contributed by atoms with Crippen molar-refractivity contribution < 1.29 is 0 Å². The molecule has 14 aromatic carbocycles. The second kappa shape index (κ2) is 23.6. The maximum atomic E-state index is 4.65. The third kappa shape index (κ3) is 9.40. The largest absolute Gasteiger partial charge is 0.332 e. The lowest BCUT2D eigenvalue weighted by Gasteiger charge is -2.47. The topological polar surface area (TPSA) is 14.7 Å². The first kappa shape index (κ1) is 69.1. The molecule has 3 heterocycles. The van der Waals surface area contributed by atoms with Crippen molar-refractivity contribution in [1.29, 1.82) is 0 Å². The van der Waals surface area contributed by atoms with Gasteiger partial charge in [0.05, 0.1) is 38.8 Å². The number of nitrogens with zero attached hydrogens (tertiary/aromatic N) is 4. The average molecular weight is 1460 g/mol. The molecule has 0 saturated carbocycles. The molecule has 4 aliphatic carbocycles. The molecule has 0 amide bonds. The molecular weight excluding hydrogens is 1360 g/mol. The Morgan fingerprint density at radius 2 is 0.690 bits per heavy atom. The summed E-state index contributed by atoms with van der Waals surface area (Å²) in [7, 11) is 0. The SMILES string of the molecule is C=CC(C)(C)N(c1ccc2c(c1)N(c1cccc3c1C1(c4ccccc4-c4ccccc41)c1ccccc1-3)c1cc(C(C)(C)C)cc3c1B2c1ccc(-n2c4ccc(C(C)(C)C)cc4c4cc(C(C)(C)C)ccc42)cc1N3c1cccc2c1C1(c3ccccc3-c3ccccc31)c1ccccc1-2)c1ccc(C(C)(C)C)cc1C. The van der Waals surface area contributed by atoms with Crippen molar-refractivity contribution in [2.75, 3.05) is 14.7 Å². The molecular formula is C108H95BN4. The van der Waals surface area contributed by atoms with Crippen LogP contribution in [0.4, 0.5) is 45.5 Å². The number of fused-ring (bicyclic) bond motifs is 27. The molecule has 6 aliphatic rings. The quantitative estimate of drug-likeness (QED) is 0.117. The van der Waals surface area contributed by atoms with Crippen LogP contribution in [0.3, 0.4) is 0 Å². The molecule has 1 aromatic heterocycles. The first-order valence-corrected chi connectivity index (χ1v) is 40.8. The van der Waals surface area contributed by atoms with E-state index in [1.807, 2.05) is 0 Å². The molecule has 0 atom stereocenters. The van der Waals surface area contributed by atoms with Crippen LogP contribution in [0.15, 0.2) is 298 Å². The van der Waals surface area contributed by atoms with Gasteiger partial charge < -0.3 is 19.3 Å². The van der Waals surface area contributed by atoms with E-state index in [1.54, 1.807) is 0 Å². The van der Waals surface area contributed by atoms with E-state index >= 15 is 0 Å². The van der Waals surface area contributed by atoms with E-state index in [0.717, 1.165) is 34.1 Å². The summed E-state index contributed by atoms with van der Waals surface area (Å²) in [4.78, 5) is 8.13. The van der Waals surface area contributed by atoms with Gasteiger partial charge in [0.1, 0.15) is 0 Å². The maximum absolute atomic E-state index is 4.65. The van der Waals surface area contributed by atoms with E-state index in [1.165, 1.54) is 172 Å². The number of benzene rings is 14. The zero-order valence-electron chi connectivity index (χ0n) is 67.8. The zero-order valence-corrected chi connectivity index (χ0v) is 67.8. The first-order chi connectivity index (χ1) is 54.2. The van der Waals surface area contributed by atoms with Crippen LogP contribution in [0.25, 0.3) is 72.0 Å². The highest BCUT2D eigenvalue weighted by Gasteiger charge is 2.57. The number of hydrogen-bond acceptors (Lipinski definition) is 3. The van der Waals surface area contributed by atoms with E-state index in [2.05, 4.69) is 421 Å². The maximum Gasteiger partial charge on any atom is 0.252 e. The Hall–Kier alpha value is -11.9. The fraction of sp³-hybridized carbons (Fsp3) is 0.204. The molecule has 0 unspecified atom stereocenters. The third-order valence-electron chi connectivity index (χ3n) is 26.8. The monoisotopic (exact) mass is 1460 g/mol. The molecule has 21 rings (SSSR count). The van der Waals surface area contributed by atoms with Crippen molar-refractivity contribution in [1.82, 2.24) is 4.57 Å². The van der Waals surface area contributed by atoms with Crippen molar-refractivity contribution in [3.8, 4) is 50.2 Å². The van der Waals surface area contributed by atoms with Crippen molar-refractivity contribution in [2.24, 2.45) is 0 Å². The van der Waals surface area contributed by atoms with Crippen LogP contribution in [0, 0.1) is 6.92 Å². The number of rotatable bonds is 7. The second-order valence-electron chi connectivity index (χ2n) is 37.7. The van der Waals surface area contributed by atoms with Gasteiger partial charge in [-0.2, -0.15) is 0 Å². The van der Waals surface area contributed by atoms with E-state index in [4.69, 9.17) is 0 Å². The van der Waals surface area contributed by atoms with E-state index in [-0.39, 0.29) is 28.4 Å². The molecule has 2 spiro atoms. The van der Waals surface area contributed by atoms with Gasteiger partial charge in [0.2, 0.25) is 0 Å². The summed E-state index contributed by atoms with van der Waals surface area (Å²) < 4.78 is 2.59. The van der Waals surface area contributed by atoms with E-state index in [9.17, 15) is 0 Å². The molecule has 0 saturated heterocycles. The van der Waals surface area contributed by atoms with E-state index < -0.39 is 16.4 Å². The van der Waals surface area contributed by atoms with Crippen LogP contribution >= 0.6 is 0 Å². The van der Waals surface area contributed by atoms with Crippen LogP contribution in [0.1, 0.15) is 169 Å². The second-order valence-corrected chi connectivity index (χ2v) is 37.7. The Morgan fingerprint density at radius 3 is 1.09 bits per heavy atom. The smallest absolute Gasteiger partial charge is 0.252 e. The summed E-state index contributed by atoms with van der Waals surface area (Å²) in [5.74, 6) is 0. The number of anilines is 8. The average Bonchev–Trinajstić information content (AvgIpc) is 1.56. The molecule has 2 aliphatic heterocycles. The van der Waals surface area contributed by atoms with Gasteiger partial charge in [-0.1, -0.05) is 295 Å². The van der Waals surface area contributed by atoms with Gasteiger partial charge in [0.15, 0.2) is 0 Å². The molecule has 5 heteroatoms. The van der Waals surface area contributed by atoms with Gasteiger partial charge in [-0.3, -0.25) is 0 Å². The molecule has 15 aromatic rings. The van der Waals surface area contributed by atoms with E-state index in [0.29, 0.717) is 0 Å². The lowest BCUT2D eigenvalue weighted by Crippen LogP contribution is -2.61. The highest BCUT2D eigenvalue weighted by Crippen LogP contribution is 2.68. The molecule has 0 radical (unpaired) electrons. The predicted molar refractivity (Wildman–Crippen MR) is 480 cm³/mol. The zero-order chi connectivity index (χ0) is 77.7. The lowest BCUT2D eigenvalue weighted by molar-refractivity contribution is 0.588. The van der Waals surface area contributed by atoms with Crippen LogP contribution in [-0.2, 0) is 32.5 Å². The highest BCUT2D eigenvalue weighted by molar-refractivity contribution is 7.00. The minimum Gasteiger partial charge on any atom is -0.332 e. The summed E-state index contributed by atoms with van der Waals surface area (Å²) in [6.45, 7) is 39.6. The fourth-order valence-corrected chi connectivity index (χ4v) is 21.3. The minimum atomic E-state index is -0.680. The number of aryl methyl sites for hydroxylation is 1. The van der Waals surface area contributed by atoms with Gasteiger partial charge >= 0.3 is 0 Å². The van der Waals surface area contributed by atoms with Crippen molar-refractivity contribution >= 4 is 90.4 Å². The van der Waals surface area contributed by atoms with Gasteiger partial charge in [-0.05, 0) is 243 Å². The lowest BCUT2D eigenvalue weighted by atomic mass is 9.33. The van der Waals surface area contributed by atoms with Crippen LogP contribution in [-0.4, -0.2) is 16.8 Å². The summed E-state index contributed by atoms with van der Waals surface area (Å²) in [6, 6.07) is 113. The van der Waals surface area contributed by atoms with Crippen LogP contribution in [0.5, 0.6) is 0 Å². The Morgan fingerprint density at radius 1 is 0.327 bits per heavy atom. The molecule has 550 valence electrons.